The van der Waals surface area contributed by atoms with Crippen LogP contribution in [0.1, 0.15) is 45.7 Å². The molecule has 2 aromatic carbocycles. The number of aliphatic hydroxyl groups excluding tert-OH is 1. The van der Waals surface area contributed by atoms with E-state index in [1.54, 1.807) is 0 Å². The van der Waals surface area contributed by atoms with E-state index in [0.717, 1.165) is 11.1 Å². The summed E-state index contributed by atoms with van der Waals surface area (Å²) in [6.07, 6.45) is -2.99. The van der Waals surface area contributed by atoms with Gasteiger partial charge in [0.1, 0.15) is 24.4 Å². The molecule has 0 radical (unpaired) electrons. The van der Waals surface area contributed by atoms with Crippen molar-refractivity contribution in [3.63, 3.8) is 0 Å². The van der Waals surface area contributed by atoms with Gasteiger partial charge in [0.15, 0.2) is 17.9 Å². The van der Waals surface area contributed by atoms with E-state index in [0.29, 0.717) is 13.1 Å². The maximum atomic E-state index is 11.2. The summed E-state index contributed by atoms with van der Waals surface area (Å²) in [6.45, 7) is 10.7. The Morgan fingerprint density at radius 3 is 1.77 bits per heavy atom. The summed E-state index contributed by atoms with van der Waals surface area (Å²) < 4.78 is 31.6. The lowest BCUT2D eigenvalue weighted by Gasteiger charge is -2.45. The second kappa shape index (κ2) is 9.56. The number of rotatable bonds is 7. The number of benzene rings is 2. The minimum atomic E-state index is -0.797. The van der Waals surface area contributed by atoms with Gasteiger partial charge in [-0.15, -0.1) is 0 Å². The molecule has 35 heavy (non-hydrogen) atoms. The smallest absolute Gasteiger partial charge is 0.190 e. The van der Waals surface area contributed by atoms with Crippen molar-refractivity contribution in [1.29, 1.82) is 0 Å². The number of ether oxygens (including phenoxy) is 5. The van der Waals surface area contributed by atoms with Gasteiger partial charge in [-0.2, -0.15) is 0 Å². The normalized spacial score (nSPS) is 32.7. The summed E-state index contributed by atoms with van der Waals surface area (Å²) in [5, 5.41) is 11.2. The van der Waals surface area contributed by atoms with Crippen LogP contribution in [0, 0.1) is 0 Å². The molecule has 190 valence electrons. The Kier molecular flexibility index (Phi) is 6.78. The number of fused-ring (bicyclic) bond motifs is 3. The average molecular weight is 484 g/mol. The molecule has 2 aromatic rings. The zero-order valence-electron chi connectivity index (χ0n) is 21.2. The maximum Gasteiger partial charge on any atom is 0.190 e. The van der Waals surface area contributed by atoms with Crippen LogP contribution in [0.4, 0.5) is 0 Å². The molecule has 3 aliphatic rings. The summed E-state index contributed by atoms with van der Waals surface area (Å²) in [4.78, 5) is 2.27. The van der Waals surface area contributed by atoms with Crippen LogP contribution in [0.15, 0.2) is 60.7 Å². The number of nitrogens with zero attached hydrogens (tertiary/aromatic N) is 1. The van der Waals surface area contributed by atoms with Crippen molar-refractivity contribution in [2.24, 2.45) is 0 Å². The summed E-state index contributed by atoms with van der Waals surface area (Å²) in [5.41, 5.74) is 2.31. The van der Waals surface area contributed by atoms with Crippen LogP contribution in [0.3, 0.4) is 0 Å². The van der Waals surface area contributed by atoms with E-state index in [-0.39, 0.29) is 12.1 Å². The SMILES string of the molecule is C[C@@H](O)[C@@H]([C@H]1O[C@@H]2OC(C)(C)O[C@@H]2[C@H]2OC(C)(C)O[C@H]21)N(Cc1ccccc1)Cc1ccccc1. The van der Waals surface area contributed by atoms with Crippen LogP contribution in [0.25, 0.3) is 0 Å². The van der Waals surface area contributed by atoms with E-state index < -0.39 is 42.3 Å². The van der Waals surface area contributed by atoms with Gasteiger partial charge < -0.3 is 28.8 Å². The highest BCUT2D eigenvalue weighted by molar-refractivity contribution is 5.18. The second-order valence-electron chi connectivity index (χ2n) is 10.7. The highest BCUT2D eigenvalue weighted by Crippen LogP contribution is 2.45. The largest absolute Gasteiger partial charge is 0.392 e. The van der Waals surface area contributed by atoms with Crippen molar-refractivity contribution >= 4 is 0 Å². The summed E-state index contributed by atoms with van der Waals surface area (Å²) in [5.74, 6) is -1.59. The van der Waals surface area contributed by atoms with Crippen LogP contribution < -0.4 is 0 Å². The Bertz CT molecular complexity index is 940. The Hall–Kier alpha value is -1.84. The molecular formula is C28H37NO6. The van der Waals surface area contributed by atoms with Gasteiger partial charge in [0.25, 0.3) is 0 Å². The lowest BCUT2D eigenvalue weighted by Crippen LogP contribution is -2.63. The van der Waals surface area contributed by atoms with Crippen LogP contribution in [0.5, 0.6) is 0 Å². The van der Waals surface area contributed by atoms with Crippen molar-refractivity contribution in [2.75, 3.05) is 0 Å². The molecule has 0 saturated carbocycles. The van der Waals surface area contributed by atoms with Crippen LogP contribution in [-0.2, 0) is 36.8 Å². The van der Waals surface area contributed by atoms with Gasteiger partial charge in [0.2, 0.25) is 0 Å². The number of aliphatic hydroxyl groups is 1. The molecule has 3 heterocycles. The molecule has 0 aromatic heterocycles. The molecule has 0 bridgehead atoms. The maximum absolute atomic E-state index is 11.2. The van der Waals surface area contributed by atoms with Gasteiger partial charge in [0, 0.05) is 13.1 Å². The molecule has 7 atom stereocenters. The fraction of sp³-hybridized carbons (Fsp3) is 0.571. The predicted molar refractivity (Wildman–Crippen MR) is 130 cm³/mol. The van der Waals surface area contributed by atoms with Crippen molar-refractivity contribution in [1.82, 2.24) is 4.90 Å². The van der Waals surface area contributed by atoms with Crippen molar-refractivity contribution in [3.8, 4) is 0 Å². The molecule has 0 aliphatic carbocycles. The lowest BCUT2D eigenvalue weighted by molar-refractivity contribution is -0.253. The molecular weight excluding hydrogens is 446 g/mol. The first-order valence-electron chi connectivity index (χ1n) is 12.5. The van der Waals surface area contributed by atoms with E-state index in [4.69, 9.17) is 23.7 Å². The quantitative estimate of drug-likeness (QED) is 0.642. The van der Waals surface area contributed by atoms with Crippen molar-refractivity contribution < 1.29 is 28.8 Å². The van der Waals surface area contributed by atoms with Gasteiger partial charge in [-0.25, -0.2) is 0 Å². The topological polar surface area (TPSA) is 69.6 Å². The molecule has 3 fully saturated rings. The third-order valence-electron chi connectivity index (χ3n) is 6.90. The fourth-order valence-electron chi connectivity index (χ4n) is 5.61. The lowest BCUT2D eigenvalue weighted by atomic mass is 9.90. The highest BCUT2D eigenvalue weighted by Gasteiger charge is 2.62. The molecule has 3 aliphatic heterocycles. The first-order chi connectivity index (χ1) is 16.6. The minimum Gasteiger partial charge on any atom is -0.392 e. The Morgan fingerprint density at radius 2 is 1.23 bits per heavy atom. The molecule has 3 saturated heterocycles. The monoisotopic (exact) mass is 483 g/mol. The van der Waals surface area contributed by atoms with E-state index in [1.807, 2.05) is 71.0 Å². The van der Waals surface area contributed by atoms with E-state index >= 15 is 0 Å². The van der Waals surface area contributed by atoms with Crippen LogP contribution in [0.2, 0.25) is 0 Å². The Morgan fingerprint density at radius 1 is 0.743 bits per heavy atom. The van der Waals surface area contributed by atoms with E-state index in [9.17, 15) is 5.11 Å². The molecule has 5 rings (SSSR count). The zero-order valence-corrected chi connectivity index (χ0v) is 21.2. The number of hydrogen-bond acceptors (Lipinski definition) is 7. The molecule has 7 nitrogen and oxygen atoms in total. The fourth-order valence-corrected chi connectivity index (χ4v) is 5.61. The zero-order chi connectivity index (χ0) is 24.8. The van der Waals surface area contributed by atoms with Gasteiger partial charge >= 0.3 is 0 Å². The first kappa shape index (κ1) is 24.8. The van der Waals surface area contributed by atoms with Crippen molar-refractivity contribution in [2.45, 2.75) is 102 Å². The molecule has 0 amide bonds. The third-order valence-corrected chi connectivity index (χ3v) is 6.90. The third kappa shape index (κ3) is 5.32. The van der Waals surface area contributed by atoms with Gasteiger partial charge in [0.05, 0.1) is 12.1 Å². The summed E-state index contributed by atoms with van der Waals surface area (Å²) in [6, 6.07) is 20.2. The van der Waals surface area contributed by atoms with E-state index in [1.165, 1.54) is 0 Å². The molecule has 1 N–H and O–H groups in total. The number of hydrogen-bond donors (Lipinski definition) is 1. The van der Waals surface area contributed by atoms with Gasteiger partial charge in [-0.3, -0.25) is 4.90 Å². The Balaban J connectivity index is 1.50. The minimum absolute atomic E-state index is 0.368. The predicted octanol–water partition coefficient (Wildman–Crippen LogP) is 3.83. The Labute approximate surface area is 207 Å². The van der Waals surface area contributed by atoms with E-state index in [2.05, 4.69) is 29.2 Å². The van der Waals surface area contributed by atoms with Gasteiger partial charge in [-0.1, -0.05) is 60.7 Å². The molecule has 0 unspecified atom stereocenters. The standard InChI is InChI=1S/C28H37NO6/c1-18(30)21(29(16-19-12-8-6-9-13-19)17-20-14-10-7-11-15-20)22-23-24(33-27(2,3)32-23)25-26(31-22)35-28(4,5)34-25/h6-15,18,21-26,30H,16-17H2,1-5H3/t18-,21+,22-,23+,24+,25-,26-/m1/s1. The van der Waals surface area contributed by atoms with Crippen molar-refractivity contribution in [3.05, 3.63) is 71.8 Å². The van der Waals surface area contributed by atoms with Crippen LogP contribution >= 0.6 is 0 Å². The second-order valence-corrected chi connectivity index (χ2v) is 10.7. The molecule has 7 heteroatoms. The van der Waals surface area contributed by atoms with Crippen LogP contribution in [-0.4, -0.2) is 64.4 Å². The van der Waals surface area contributed by atoms with Gasteiger partial charge in [-0.05, 0) is 45.7 Å². The summed E-state index contributed by atoms with van der Waals surface area (Å²) in [7, 11) is 0. The summed E-state index contributed by atoms with van der Waals surface area (Å²) >= 11 is 0. The average Bonchev–Trinajstić information content (AvgIpc) is 3.29. The first-order valence-corrected chi connectivity index (χ1v) is 12.5. The molecule has 0 spiro atoms. The highest BCUT2D eigenvalue weighted by atomic mass is 16.9.